The third-order valence-electron chi connectivity index (χ3n) is 6.92. The molecule has 1 aliphatic rings. The summed E-state index contributed by atoms with van der Waals surface area (Å²) < 4.78 is 11.7. The molecule has 0 fully saturated rings. The zero-order chi connectivity index (χ0) is 26.9. The summed E-state index contributed by atoms with van der Waals surface area (Å²) in [7, 11) is 1.83. The van der Waals surface area contributed by atoms with Crippen molar-refractivity contribution in [2.24, 2.45) is 0 Å². The first-order valence-corrected chi connectivity index (χ1v) is 13.6. The second-order valence-electron chi connectivity index (χ2n) is 10.2. The van der Waals surface area contributed by atoms with Gasteiger partial charge in [0.15, 0.2) is 5.82 Å². The molecule has 4 rings (SSSR count). The second kappa shape index (κ2) is 13.2. The molecule has 0 bridgehead atoms. The number of ether oxygens (including phenoxy) is 1. The summed E-state index contributed by atoms with van der Waals surface area (Å²) in [6.07, 6.45) is 3.98. The van der Waals surface area contributed by atoms with Crippen molar-refractivity contribution in [2.45, 2.75) is 64.3 Å². The van der Waals surface area contributed by atoms with Crippen LogP contribution in [-0.2, 0) is 17.6 Å². The number of benzene rings is 2. The van der Waals surface area contributed by atoms with Crippen LogP contribution >= 0.6 is 0 Å². The normalized spacial score (nSPS) is 17.3. The number of aryl methyl sites for hydroxylation is 1. The third kappa shape index (κ3) is 7.21. The van der Waals surface area contributed by atoms with E-state index in [-0.39, 0.29) is 36.8 Å². The first-order valence-electron chi connectivity index (χ1n) is 13.6. The monoisotopic (exact) mass is 518 g/mol. The van der Waals surface area contributed by atoms with Gasteiger partial charge in [-0.05, 0) is 43.4 Å². The van der Waals surface area contributed by atoms with E-state index >= 15 is 0 Å². The van der Waals surface area contributed by atoms with Crippen molar-refractivity contribution in [1.82, 2.24) is 19.9 Å². The Labute approximate surface area is 225 Å². The number of rotatable bonds is 6. The van der Waals surface area contributed by atoms with Crippen molar-refractivity contribution < 1.29 is 18.8 Å². The van der Waals surface area contributed by atoms with Crippen LogP contribution in [0.15, 0.2) is 59.1 Å². The third-order valence-corrected chi connectivity index (χ3v) is 6.92. The number of para-hydroxylation sites is 1. The number of hydrogen-bond donors (Lipinski definition) is 0. The molecule has 8 heteroatoms. The minimum atomic E-state index is -0.194. The quantitative estimate of drug-likeness (QED) is 0.461. The molecule has 8 nitrogen and oxygen atoms in total. The van der Waals surface area contributed by atoms with E-state index in [1.807, 2.05) is 62.2 Å². The van der Waals surface area contributed by atoms with Crippen molar-refractivity contribution in [3.63, 3.8) is 0 Å². The van der Waals surface area contributed by atoms with E-state index in [1.165, 1.54) is 0 Å². The molecule has 0 unspecified atom stereocenters. The van der Waals surface area contributed by atoms with Crippen LogP contribution in [0.2, 0.25) is 0 Å². The van der Waals surface area contributed by atoms with Gasteiger partial charge in [-0.2, -0.15) is 4.98 Å². The molecule has 0 radical (unpaired) electrons. The molecule has 1 aliphatic heterocycles. The van der Waals surface area contributed by atoms with Crippen molar-refractivity contribution in [1.29, 1.82) is 0 Å². The average molecular weight is 519 g/mol. The fourth-order valence-corrected chi connectivity index (χ4v) is 4.69. The molecule has 2 amide bonds. The molecule has 202 valence electrons. The zero-order valence-corrected chi connectivity index (χ0v) is 22.6. The summed E-state index contributed by atoms with van der Waals surface area (Å²) in [6, 6.07) is 17.3. The fourth-order valence-electron chi connectivity index (χ4n) is 4.69. The summed E-state index contributed by atoms with van der Waals surface area (Å²) in [6.45, 7) is 5.59. The van der Waals surface area contributed by atoms with Crippen LogP contribution in [-0.4, -0.2) is 64.5 Å². The smallest absolute Gasteiger partial charge is 0.257 e. The van der Waals surface area contributed by atoms with Crippen LogP contribution in [0.5, 0.6) is 5.75 Å². The lowest BCUT2D eigenvalue weighted by molar-refractivity contribution is -0.134. The molecule has 2 aromatic carbocycles. The van der Waals surface area contributed by atoms with Crippen LogP contribution in [0.3, 0.4) is 0 Å². The van der Waals surface area contributed by atoms with Gasteiger partial charge in [0.05, 0.1) is 11.6 Å². The van der Waals surface area contributed by atoms with Crippen LogP contribution in [0.1, 0.15) is 73.1 Å². The number of carbonyl (C=O) groups excluding carboxylic acids is 2. The highest BCUT2D eigenvalue weighted by Crippen LogP contribution is 2.23. The maximum Gasteiger partial charge on any atom is 0.257 e. The van der Waals surface area contributed by atoms with Gasteiger partial charge in [0.25, 0.3) is 5.91 Å². The number of aromatic nitrogens is 2. The van der Waals surface area contributed by atoms with Crippen LogP contribution in [0, 0.1) is 0 Å². The van der Waals surface area contributed by atoms with Gasteiger partial charge in [-0.3, -0.25) is 9.59 Å². The summed E-state index contributed by atoms with van der Waals surface area (Å²) in [4.78, 5) is 34.9. The molecule has 0 spiro atoms. The van der Waals surface area contributed by atoms with Gasteiger partial charge in [0.2, 0.25) is 11.8 Å². The lowest BCUT2D eigenvalue weighted by Crippen LogP contribution is -2.45. The first-order chi connectivity index (χ1) is 18.4. The standard InChI is InChI=1S/C30H38N4O4/c1-22(2)29-31-27(38-32-29)16-17-28(35)34-19-11-5-10-18-33(3)30(36)25-14-8-9-15-26(25)37-21-24(34)20-23-12-6-4-7-13-23/h4,6-9,12-15,22,24H,5,10-11,16-21H2,1-3H3/t24-/m0/s1. The van der Waals surface area contributed by atoms with Gasteiger partial charge in [0.1, 0.15) is 12.4 Å². The Morgan fingerprint density at radius 3 is 2.53 bits per heavy atom. The molecular weight excluding hydrogens is 480 g/mol. The summed E-state index contributed by atoms with van der Waals surface area (Å²) in [5.41, 5.74) is 1.67. The summed E-state index contributed by atoms with van der Waals surface area (Å²) in [5, 5.41) is 4.03. The number of amides is 2. The van der Waals surface area contributed by atoms with E-state index in [4.69, 9.17) is 9.26 Å². The lowest BCUT2D eigenvalue weighted by atomic mass is 10.0. The molecule has 0 saturated carbocycles. The van der Waals surface area contributed by atoms with E-state index < -0.39 is 0 Å². The molecular formula is C30H38N4O4. The molecule has 1 atom stereocenters. The van der Waals surface area contributed by atoms with Gasteiger partial charge in [-0.15, -0.1) is 0 Å². The van der Waals surface area contributed by atoms with E-state index in [2.05, 4.69) is 22.3 Å². The van der Waals surface area contributed by atoms with E-state index in [1.54, 1.807) is 11.0 Å². The average Bonchev–Trinajstić information content (AvgIpc) is 3.41. The van der Waals surface area contributed by atoms with Gasteiger partial charge in [-0.25, -0.2) is 0 Å². The zero-order valence-electron chi connectivity index (χ0n) is 22.6. The maximum atomic E-state index is 13.7. The van der Waals surface area contributed by atoms with Crippen LogP contribution < -0.4 is 4.74 Å². The molecule has 3 aromatic rings. The number of fused-ring (bicyclic) bond motifs is 1. The minimum absolute atomic E-state index is 0.0372. The number of hydrogen-bond acceptors (Lipinski definition) is 6. The van der Waals surface area contributed by atoms with Gasteiger partial charge in [0, 0.05) is 38.9 Å². The molecule has 1 aromatic heterocycles. The number of carbonyl (C=O) groups is 2. The topological polar surface area (TPSA) is 88.8 Å². The number of nitrogens with zero attached hydrogens (tertiary/aromatic N) is 4. The van der Waals surface area contributed by atoms with Gasteiger partial charge >= 0.3 is 0 Å². The van der Waals surface area contributed by atoms with E-state index in [0.29, 0.717) is 49.0 Å². The second-order valence-corrected chi connectivity index (χ2v) is 10.2. The maximum absolute atomic E-state index is 13.7. The molecule has 0 N–H and O–H groups in total. The molecule has 2 heterocycles. The van der Waals surface area contributed by atoms with Crippen LogP contribution in [0.4, 0.5) is 0 Å². The van der Waals surface area contributed by atoms with E-state index in [0.717, 1.165) is 24.8 Å². The predicted octanol–water partition coefficient (Wildman–Crippen LogP) is 4.90. The Morgan fingerprint density at radius 1 is 1.03 bits per heavy atom. The lowest BCUT2D eigenvalue weighted by Gasteiger charge is -2.32. The van der Waals surface area contributed by atoms with Crippen molar-refractivity contribution >= 4 is 11.8 Å². The van der Waals surface area contributed by atoms with Crippen molar-refractivity contribution in [3.05, 3.63) is 77.4 Å². The van der Waals surface area contributed by atoms with E-state index in [9.17, 15) is 9.59 Å². The van der Waals surface area contributed by atoms with Crippen molar-refractivity contribution in [3.8, 4) is 5.75 Å². The predicted molar refractivity (Wildman–Crippen MR) is 145 cm³/mol. The minimum Gasteiger partial charge on any atom is -0.491 e. The fraction of sp³-hybridized carbons (Fsp3) is 0.467. The Hall–Kier alpha value is -3.68. The Morgan fingerprint density at radius 2 is 1.76 bits per heavy atom. The largest absolute Gasteiger partial charge is 0.491 e. The molecule has 0 saturated heterocycles. The highest BCUT2D eigenvalue weighted by atomic mass is 16.5. The Balaban J connectivity index is 1.58. The molecule has 0 aliphatic carbocycles. The SMILES string of the molecule is CC(C)c1noc(CCC(=O)N2CCCCCN(C)C(=O)c3ccccc3OC[C@@H]2Cc2ccccc2)n1. The first kappa shape index (κ1) is 27.4. The highest BCUT2D eigenvalue weighted by molar-refractivity contribution is 5.96. The highest BCUT2D eigenvalue weighted by Gasteiger charge is 2.27. The van der Waals surface area contributed by atoms with Crippen molar-refractivity contribution in [2.75, 3.05) is 26.7 Å². The summed E-state index contributed by atoms with van der Waals surface area (Å²) in [5.74, 6) is 1.84. The Bertz CT molecular complexity index is 1190. The Kier molecular flexibility index (Phi) is 9.51. The van der Waals surface area contributed by atoms with Gasteiger partial charge < -0.3 is 19.1 Å². The molecule has 38 heavy (non-hydrogen) atoms. The van der Waals surface area contributed by atoms with Crippen LogP contribution in [0.25, 0.3) is 0 Å². The summed E-state index contributed by atoms with van der Waals surface area (Å²) >= 11 is 0. The van der Waals surface area contributed by atoms with Gasteiger partial charge in [-0.1, -0.05) is 61.5 Å².